The summed E-state index contributed by atoms with van der Waals surface area (Å²) in [5.41, 5.74) is 6.13. The SMILES string of the molecule is CC1CCCN(C(=O)C2CCN(C(=O)c3cccc(NC(N)=O)c3)CC2)C1. The summed E-state index contributed by atoms with van der Waals surface area (Å²) in [6.45, 7) is 5.07. The van der Waals surface area contributed by atoms with E-state index in [0.29, 0.717) is 43.1 Å². The molecule has 0 spiro atoms. The van der Waals surface area contributed by atoms with Gasteiger partial charge in [-0.25, -0.2) is 4.79 Å². The molecule has 146 valence electrons. The first-order valence-corrected chi connectivity index (χ1v) is 9.68. The number of piperidine rings is 2. The lowest BCUT2D eigenvalue weighted by Gasteiger charge is -2.37. The standard InChI is InChI=1S/C20H28N4O3/c1-14-4-3-9-24(13-14)18(25)15-7-10-23(11-8-15)19(26)16-5-2-6-17(12-16)22-20(21)27/h2,5-6,12,14-15H,3-4,7-11,13H2,1H3,(H3,21,22,27). The van der Waals surface area contributed by atoms with Crippen molar-refractivity contribution in [2.24, 2.45) is 17.6 Å². The van der Waals surface area contributed by atoms with Crippen LogP contribution in [0.3, 0.4) is 0 Å². The van der Waals surface area contributed by atoms with Crippen molar-refractivity contribution in [3.63, 3.8) is 0 Å². The molecule has 1 aromatic rings. The third kappa shape index (κ3) is 4.78. The summed E-state index contributed by atoms with van der Waals surface area (Å²) in [6, 6.07) is 6.09. The molecule has 2 aliphatic rings. The Morgan fingerprint density at radius 3 is 2.48 bits per heavy atom. The third-order valence-corrected chi connectivity index (χ3v) is 5.48. The van der Waals surface area contributed by atoms with Gasteiger partial charge in [0.25, 0.3) is 5.91 Å². The van der Waals surface area contributed by atoms with Gasteiger partial charge in [0, 0.05) is 43.3 Å². The fourth-order valence-electron chi connectivity index (χ4n) is 4.03. The highest BCUT2D eigenvalue weighted by atomic mass is 16.2. The predicted octanol–water partition coefficient (Wildman–Crippen LogP) is 2.29. The van der Waals surface area contributed by atoms with E-state index >= 15 is 0 Å². The van der Waals surface area contributed by atoms with Crippen molar-refractivity contribution in [2.45, 2.75) is 32.6 Å². The molecular formula is C20H28N4O3. The fourth-order valence-corrected chi connectivity index (χ4v) is 4.03. The monoisotopic (exact) mass is 372 g/mol. The molecule has 0 aromatic heterocycles. The van der Waals surface area contributed by atoms with Crippen molar-refractivity contribution < 1.29 is 14.4 Å². The summed E-state index contributed by atoms with van der Waals surface area (Å²) < 4.78 is 0. The molecule has 7 heteroatoms. The average Bonchev–Trinajstić information content (AvgIpc) is 2.66. The number of amides is 4. The molecule has 0 saturated carbocycles. The topological polar surface area (TPSA) is 95.7 Å². The number of primary amides is 1. The number of rotatable bonds is 3. The van der Waals surface area contributed by atoms with Gasteiger partial charge in [-0.1, -0.05) is 13.0 Å². The van der Waals surface area contributed by atoms with Crippen LogP contribution in [0.1, 0.15) is 43.0 Å². The zero-order chi connectivity index (χ0) is 19.4. The molecular weight excluding hydrogens is 344 g/mol. The van der Waals surface area contributed by atoms with E-state index in [1.807, 2.05) is 4.90 Å². The van der Waals surface area contributed by atoms with E-state index in [1.54, 1.807) is 29.2 Å². The predicted molar refractivity (Wildman–Crippen MR) is 103 cm³/mol. The summed E-state index contributed by atoms with van der Waals surface area (Å²) in [4.78, 5) is 40.3. The second kappa shape index (κ2) is 8.41. The van der Waals surface area contributed by atoms with Crippen LogP contribution in [-0.4, -0.2) is 53.8 Å². The van der Waals surface area contributed by atoms with Crippen LogP contribution >= 0.6 is 0 Å². The van der Waals surface area contributed by atoms with Crippen LogP contribution < -0.4 is 11.1 Å². The average molecular weight is 372 g/mol. The fraction of sp³-hybridized carbons (Fsp3) is 0.550. The largest absolute Gasteiger partial charge is 0.351 e. The maximum atomic E-state index is 12.8. The minimum atomic E-state index is -0.661. The number of benzene rings is 1. The zero-order valence-corrected chi connectivity index (χ0v) is 15.8. The first-order chi connectivity index (χ1) is 12.9. The number of hydrogen-bond acceptors (Lipinski definition) is 3. The van der Waals surface area contributed by atoms with Gasteiger partial charge >= 0.3 is 6.03 Å². The van der Waals surface area contributed by atoms with Gasteiger partial charge in [-0.3, -0.25) is 9.59 Å². The highest BCUT2D eigenvalue weighted by Gasteiger charge is 2.32. The summed E-state index contributed by atoms with van der Waals surface area (Å²) >= 11 is 0. The second-order valence-electron chi connectivity index (χ2n) is 7.67. The smallest absolute Gasteiger partial charge is 0.316 e. The Balaban J connectivity index is 1.56. The lowest BCUT2D eigenvalue weighted by molar-refractivity contribution is -0.138. The summed E-state index contributed by atoms with van der Waals surface area (Å²) in [6.07, 6.45) is 3.68. The molecule has 1 atom stereocenters. The molecule has 7 nitrogen and oxygen atoms in total. The van der Waals surface area contributed by atoms with E-state index in [-0.39, 0.29) is 17.7 Å². The summed E-state index contributed by atoms with van der Waals surface area (Å²) in [5, 5.41) is 2.48. The first-order valence-electron chi connectivity index (χ1n) is 9.68. The molecule has 2 heterocycles. The van der Waals surface area contributed by atoms with E-state index in [2.05, 4.69) is 12.2 Å². The van der Waals surface area contributed by atoms with E-state index in [4.69, 9.17) is 5.73 Å². The highest BCUT2D eigenvalue weighted by Crippen LogP contribution is 2.24. The molecule has 0 radical (unpaired) electrons. The van der Waals surface area contributed by atoms with Crippen LogP contribution in [0.4, 0.5) is 10.5 Å². The van der Waals surface area contributed by atoms with Crippen LogP contribution in [-0.2, 0) is 4.79 Å². The maximum absolute atomic E-state index is 12.8. The Labute approximate surface area is 159 Å². The van der Waals surface area contributed by atoms with Crippen LogP contribution in [0.15, 0.2) is 24.3 Å². The van der Waals surface area contributed by atoms with Gasteiger partial charge in [0.05, 0.1) is 0 Å². The number of likely N-dealkylation sites (tertiary alicyclic amines) is 2. The quantitative estimate of drug-likeness (QED) is 0.852. The molecule has 27 heavy (non-hydrogen) atoms. The number of nitrogens with two attached hydrogens (primary N) is 1. The Morgan fingerprint density at radius 1 is 1.07 bits per heavy atom. The molecule has 0 aliphatic carbocycles. The molecule has 0 bridgehead atoms. The molecule has 2 aliphatic heterocycles. The number of anilines is 1. The molecule has 1 unspecified atom stereocenters. The maximum Gasteiger partial charge on any atom is 0.316 e. The Bertz CT molecular complexity index is 713. The minimum Gasteiger partial charge on any atom is -0.351 e. The summed E-state index contributed by atoms with van der Waals surface area (Å²) in [5.74, 6) is 0.759. The van der Waals surface area contributed by atoms with Gasteiger partial charge in [-0.15, -0.1) is 0 Å². The molecule has 3 N–H and O–H groups in total. The molecule has 1 aromatic carbocycles. The van der Waals surface area contributed by atoms with Gasteiger partial charge in [0.2, 0.25) is 5.91 Å². The number of nitrogens with one attached hydrogen (secondary N) is 1. The van der Waals surface area contributed by atoms with Crippen molar-refractivity contribution in [3.05, 3.63) is 29.8 Å². The van der Waals surface area contributed by atoms with E-state index < -0.39 is 6.03 Å². The number of urea groups is 1. The van der Waals surface area contributed by atoms with E-state index in [0.717, 1.165) is 19.5 Å². The summed E-state index contributed by atoms with van der Waals surface area (Å²) in [7, 11) is 0. The number of nitrogens with zero attached hydrogens (tertiary/aromatic N) is 2. The number of carbonyl (C=O) groups is 3. The van der Waals surface area contributed by atoms with Gasteiger partial charge < -0.3 is 20.9 Å². The van der Waals surface area contributed by atoms with Crippen LogP contribution in [0.5, 0.6) is 0 Å². The van der Waals surface area contributed by atoms with Crippen LogP contribution in [0.2, 0.25) is 0 Å². The molecule has 2 fully saturated rings. The zero-order valence-electron chi connectivity index (χ0n) is 15.8. The third-order valence-electron chi connectivity index (χ3n) is 5.48. The minimum absolute atomic E-state index is 0.0159. The number of hydrogen-bond donors (Lipinski definition) is 2. The van der Waals surface area contributed by atoms with Crippen molar-refractivity contribution in [3.8, 4) is 0 Å². The lowest BCUT2D eigenvalue weighted by atomic mass is 9.92. The van der Waals surface area contributed by atoms with E-state index in [1.165, 1.54) is 6.42 Å². The van der Waals surface area contributed by atoms with Crippen molar-refractivity contribution >= 4 is 23.5 Å². The van der Waals surface area contributed by atoms with Gasteiger partial charge in [0.15, 0.2) is 0 Å². The van der Waals surface area contributed by atoms with Gasteiger partial charge in [-0.05, 0) is 49.8 Å². The molecule has 4 amide bonds. The second-order valence-corrected chi connectivity index (χ2v) is 7.67. The van der Waals surface area contributed by atoms with Gasteiger partial charge in [-0.2, -0.15) is 0 Å². The van der Waals surface area contributed by atoms with Crippen molar-refractivity contribution in [2.75, 3.05) is 31.5 Å². The Hall–Kier alpha value is -2.57. The highest BCUT2D eigenvalue weighted by molar-refractivity contribution is 5.96. The number of carbonyl (C=O) groups excluding carboxylic acids is 3. The lowest BCUT2D eigenvalue weighted by Crippen LogP contribution is -2.47. The Morgan fingerprint density at radius 2 is 1.81 bits per heavy atom. The van der Waals surface area contributed by atoms with Gasteiger partial charge in [0.1, 0.15) is 0 Å². The van der Waals surface area contributed by atoms with Crippen molar-refractivity contribution in [1.82, 2.24) is 9.80 Å². The van der Waals surface area contributed by atoms with Crippen molar-refractivity contribution in [1.29, 1.82) is 0 Å². The molecule has 2 saturated heterocycles. The normalized spacial score (nSPS) is 21.0. The van der Waals surface area contributed by atoms with E-state index in [9.17, 15) is 14.4 Å². The van der Waals surface area contributed by atoms with Crippen LogP contribution in [0.25, 0.3) is 0 Å². The van der Waals surface area contributed by atoms with Crippen LogP contribution in [0, 0.1) is 11.8 Å². The first kappa shape index (κ1) is 19.2. The Kier molecular flexibility index (Phi) is 5.98. The molecule has 3 rings (SSSR count).